The van der Waals surface area contributed by atoms with E-state index in [1.165, 1.54) is 12.1 Å². The van der Waals surface area contributed by atoms with Crippen molar-refractivity contribution in [1.29, 1.82) is 0 Å². The van der Waals surface area contributed by atoms with Crippen LogP contribution in [-0.4, -0.2) is 50.4 Å². The van der Waals surface area contributed by atoms with Crippen LogP contribution in [0.4, 0.5) is 19.3 Å². The molecule has 2 heterocycles. The fraction of sp³-hybridized carbons (Fsp3) is 0.500. The fourth-order valence-corrected chi connectivity index (χ4v) is 3.54. The van der Waals surface area contributed by atoms with E-state index in [1.54, 1.807) is 4.90 Å². The number of carbonyl (C=O) groups is 1. The van der Waals surface area contributed by atoms with Gasteiger partial charge in [-0.05, 0) is 37.1 Å². The highest BCUT2D eigenvalue weighted by molar-refractivity contribution is 7.91. The van der Waals surface area contributed by atoms with Gasteiger partial charge in [0.1, 0.15) is 0 Å². The average molecular weight is 346 g/mol. The molecule has 2 saturated heterocycles. The van der Waals surface area contributed by atoms with E-state index in [9.17, 15) is 22.0 Å². The van der Waals surface area contributed by atoms with E-state index in [1.807, 2.05) is 0 Å². The highest BCUT2D eigenvalue weighted by Gasteiger charge is 2.35. The van der Waals surface area contributed by atoms with Crippen molar-refractivity contribution in [3.8, 4) is 0 Å². The number of nitrogens with zero attached hydrogens (tertiary/aromatic N) is 1. The van der Waals surface area contributed by atoms with Gasteiger partial charge in [0, 0.05) is 18.8 Å². The summed E-state index contributed by atoms with van der Waals surface area (Å²) >= 11 is 0. The van der Waals surface area contributed by atoms with Crippen LogP contribution in [0.5, 0.6) is 0 Å². The summed E-state index contributed by atoms with van der Waals surface area (Å²) in [5, 5.41) is 2.64. The maximum Gasteiger partial charge on any atom is 0.341 e. The summed E-state index contributed by atoms with van der Waals surface area (Å²) in [5.74, 6) is -3.47. The monoisotopic (exact) mass is 346 g/mol. The van der Waals surface area contributed by atoms with Crippen LogP contribution in [0.1, 0.15) is 12.8 Å². The Bertz CT molecular complexity index is 681. The number of morpholine rings is 1. The lowest BCUT2D eigenvalue weighted by atomic mass is 10.2. The number of nitrogens with one attached hydrogen (secondary N) is 1. The number of rotatable bonds is 3. The number of carbonyl (C=O) groups excluding carboxylic acids is 1. The number of likely N-dealkylation sites (tertiary alicyclic amines) is 1. The van der Waals surface area contributed by atoms with Crippen molar-refractivity contribution in [2.45, 2.75) is 35.7 Å². The number of halogens is 2. The van der Waals surface area contributed by atoms with Gasteiger partial charge in [0.15, 0.2) is 0 Å². The van der Waals surface area contributed by atoms with Gasteiger partial charge in [-0.25, -0.2) is 13.2 Å². The number of hydrogen-bond donors (Lipinski definition) is 1. The molecule has 3 rings (SSSR count). The first kappa shape index (κ1) is 16.1. The quantitative estimate of drug-likeness (QED) is 0.909. The van der Waals surface area contributed by atoms with Crippen LogP contribution in [0.3, 0.4) is 0 Å². The van der Waals surface area contributed by atoms with Gasteiger partial charge in [-0.1, -0.05) is 0 Å². The molecule has 0 saturated carbocycles. The molecule has 0 aromatic heterocycles. The molecule has 2 bridgehead atoms. The SMILES string of the molecule is O=C(Nc1ccc(S(=O)(=O)C(F)F)cc1)N1CC2CCC(C1)O2. The zero-order valence-electron chi connectivity index (χ0n) is 12.1. The normalized spacial score (nSPS) is 24.0. The summed E-state index contributed by atoms with van der Waals surface area (Å²) < 4.78 is 53.2. The fourth-order valence-electron chi connectivity index (χ4n) is 2.81. The van der Waals surface area contributed by atoms with Gasteiger partial charge in [0.05, 0.1) is 17.1 Å². The van der Waals surface area contributed by atoms with Crippen LogP contribution >= 0.6 is 0 Å². The highest BCUT2D eigenvalue weighted by Crippen LogP contribution is 2.27. The molecule has 23 heavy (non-hydrogen) atoms. The lowest BCUT2D eigenvalue weighted by molar-refractivity contribution is -0.0219. The molecule has 0 aliphatic carbocycles. The Labute approximate surface area is 132 Å². The second-order valence-electron chi connectivity index (χ2n) is 5.62. The second kappa shape index (κ2) is 6.04. The van der Waals surface area contributed by atoms with Crippen molar-refractivity contribution in [1.82, 2.24) is 4.90 Å². The molecule has 2 amide bonds. The summed E-state index contributed by atoms with van der Waals surface area (Å²) in [6.45, 7) is 1.03. The minimum absolute atomic E-state index is 0.0676. The number of amides is 2. The van der Waals surface area contributed by atoms with Crippen molar-refractivity contribution in [3.05, 3.63) is 24.3 Å². The minimum atomic E-state index is -4.62. The Morgan fingerprint density at radius 1 is 1.17 bits per heavy atom. The maximum absolute atomic E-state index is 12.5. The molecular formula is C14H16F2N2O4S. The van der Waals surface area contributed by atoms with Gasteiger partial charge in [0.2, 0.25) is 9.84 Å². The molecule has 1 aromatic carbocycles. The highest BCUT2D eigenvalue weighted by atomic mass is 32.2. The summed E-state index contributed by atoms with van der Waals surface area (Å²) in [4.78, 5) is 13.4. The molecule has 1 N–H and O–H groups in total. The van der Waals surface area contributed by atoms with Gasteiger partial charge in [-0.2, -0.15) is 8.78 Å². The number of fused-ring (bicyclic) bond motifs is 2. The smallest absolute Gasteiger partial charge is 0.341 e. The minimum Gasteiger partial charge on any atom is -0.371 e. The molecular weight excluding hydrogens is 330 g/mol. The van der Waals surface area contributed by atoms with Crippen molar-refractivity contribution >= 4 is 21.6 Å². The van der Waals surface area contributed by atoms with Crippen LogP contribution in [0.15, 0.2) is 29.2 Å². The number of anilines is 1. The number of benzene rings is 1. The third-order valence-corrected chi connectivity index (χ3v) is 5.40. The number of sulfone groups is 1. The molecule has 0 radical (unpaired) electrons. The number of alkyl halides is 2. The Morgan fingerprint density at radius 3 is 2.26 bits per heavy atom. The Balaban J connectivity index is 1.65. The third kappa shape index (κ3) is 3.30. The van der Waals surface area contributed by atoms with Crippen LogP contribution in [-0.2, 0) is 14.6 Å². The van der Waals surface area contributed by atoms with Crippen molar-refractivity contribution in [2.75, 3.05) is 18.4 Å². The van der Waals surface area contributed by atoms with Gasteiger partial charge in [-0.3, -0.25) is 0 Å². The molecule has 2 atom stereocenters. The zero-order valence-corrected chi connectivity index (χ0v) is 12.9. The van der Waals surface area contributed by atoms with E-state index in [0.29, 0.717) is 18.8 Å². The predicted molar refractivity (Wildman–Crippen MR) is 78.1 cm³/mol. The van der Waals surface area contributed by atoms with Crippen LogP contribution in [0.25, 0.3) is 0 Å². The molecule has 2 unspecified atom stereocenters. The third-order valence-electron chi connectivity index (χ3n) is 4.00. The summed E-state index contributed by atoms with van der Waals surface area (Å²) in [6, 6.07) is 4.39. The van der Waals surface area contributed by atoms with Gasteiger partial charge >= 0.3 is 11.8 Å². The Morgan fingerprint density at radius 2 is 1.74 bits per heavy atom. The summed E-state index contributed by atoms with van der Waals surface area (Å²) in [5.41, 5.74) is 0.349. The maximum atomic E-state index is 12.5. The first-order chi connectivity index (χ1) is 10.9. The van der Waals surface area contributed by atoms with E-state index in [-0.39, 0.29) is 18.2 Å². The van der Waals surface area contributed by atoms with Gasteiger partial charge in [-0.15, -0.1) is 0 Å². The van der Waals surface area contributed by atoms with Gasteiger partial charge < -0.3 is 15.0 Å². The van der Waals surface area contributed by atoms with Gasteiger partial charge in [0.25, 0.3) is 0 Å². The number of urea groups is 1. The van der Waals surface area contributed by atoms with Crippen molar-refractivity contribution < 1.29 is 26.7 Å². The topological polar surface area (TPSA) is 75.7 Å². The molecule has 126 valence electrons. The van der Waals surface area contributed by atoms with E-state index in [0.717, 1.165) is 25.0 Å². The second-order valence-corrected chi connectivity index (χ2v) is 7.54. The zero-order chi connectivity index (χ0) is 16.6. The molecule has 2 fully saturated rings. The van der Waals surface area contributed by atoms with Crippen LogP contribution in [0.2, 0.25) is 0 Å². The predicted octanol–water partition coefficient (Wildman–Crippen LogP) is 2.08. The molecule has 6 nitrogen and oxygen atoms in total. The Kier molecular flexibility index (Phi) is 4.24. The molecule has 0 spiro atoms. The number of ether oxygens (including phenoxy) is 1. The first-order valence-corrected chi connectivity index (χ1v) is 8.74. The lowest BCUT2D eigenvalue weighted by Crippen LogP contribution is -2.47. The first-order valence-electron chi connectivity index (χ1n) is 7.20. The van der Waals surface area contributed by atoms with Crippen molar-refractivity contribution in [2.24, 2.45) is 0 Å². The average Bonchev–Trinajstić information content (AvgIpc) is 2.85. The van der Waals surface area contributed by atoms with E-state index < -0.39 is 20.5 Å². The standard InChI is InChI=1S/C14H16F2N2O4S/c15-13(16)23(20,21)12-5-1-9(2-6-12)17-14(19)18-7-10-3-4-11(8-18)22-10/h1-2,5-6,10-11,13H,3-4,7-8H2,(H,17,19). The molecule has 2 aliphatic rings. The lowest BCUT2D eigenvalue weighted by Gasteiger charge is -2.32. The van der Waals surface area contributed by atoms with Crippen LogP contribution in [0, 0.1) is 0 Å². The van der Waals surface area contributed by atoms with E-state index in [2.05, 4.69) is 5.32 Å². The Hall–Kier alpha value is -1.74. The number of hydrogen-bond acceptors (Lipinski definition) is 4. The molecule has 1 aromatic rings. The molecule has 9 heteroatoms. The summed E-state index contributed by atoms with van der Waals surface area (Å²) in [7, 11) is -4.62. The van der Waals surface area contributed by atoms with E-state index >= 15 is 0 Å². The summed E-state index contributed by atoms with van der Waals surface area (Å²) in [6.07, 6.45) is 2.01. The largest absolute Gasteiger partial charge is 0.371 e. The van der Waals surface area contributed by atoms with Crippen molar-refractivity contribution in [3.63, 3.8) is 0 Å². The van der Waals surface area contributed by atoms with E-state index in [4.69, 9.17) is 4.74 Å². The molecule has 2 aliphatic heterocycles. The van der Waals surface area contributed by atoms with Crippen LogP contribution < -0.4 is 5.32 Å².